The second kappa shape index (κ2) is 28.8. The summed E-state index contributed by atoms with van der Waals surface area (Å²) < 4.78 is 8.83. The molecule has 0 atom stereocenters. The maximum absolute atomic E-state index is 10.7. The number of esters is 2. The lowest BCUT2D eigenvalue weighted by Crippen LogP contribution is -2.08. The Morgan fingerprint density at radius 2 is 1.06 bits per heavy atom. The summed E-state index contributed by atoms with van der Waals surface area (Å²) in [5, 5.41) is 25.1. The number of carbonyl (C=O) groups excluding carboxylic acids is 2. The van der Waals surface area contributed by atoms with Crippen LogP contribution >= 0.6 is 0 Å². The van der Waals surface area contributed by atoms with Crippen molar-refractivity contribution in [3.8, 4) is 0 Å². The Hall–Kier alpha value is -2.19. The van der Waals surface area contributed by atoms with Gasteiger partial charge >= 0.3 is 17.9 Å². The van der Waals surface area contributed by atoms with Crippen LogP contribution in [0.2, 0.25) is 0 Å². The lowest BCUT2D eigenvalue weighted by Gasteiger charge is -1.99. The van der Waals surface area contributed by atoms with Gasteiger partial charge in [-0.2, -0.15) is 0 Å². The quantitative estimate of drug-likeness (QED) is 0.0919. The predicted molar refractivity (Wildman–Crippen MR) is 132 cm³/mol. The van der Waals surface area contributed by atoms with Gasteiger partial charge < -0.3 is 24.8 Å². The molecule has 0 amide bonds. The largest absolute Gasteiger partial charge is 0.481 e. The molecular weight excluding hydrogens is 440 g/mol. The normalized spacial score (nSPS) is 10.8. The fourth-order valence-corrected chi connectivity index (χ4v) is 2.87. The number of unbranched alkanes of at least 4 members (excludes halogenated alkanes) is 11. The first kappa shape index (κ1) is 34.0. The first-order chi connectivity index (χ1) is 16.5. The molecule has 0 rings (SSSR count). The van der Waals surface area contributed by atoms with Crippen molar-refractivity contribution < 1.29 is 39.2 Å². The van der Waals surface area contributed by atoms with Crippen LogP contribution in [-0.2, 0) is 23.9 Å². The van der Waals surface area contributed by atoms with Crippen molar-refractivity contribution in [1.29, 1.82) is 0 Å². The fourth-order valence-electron chi connectivity index (χ4n) is 2.87. The molecule has 0 heterocycles. The summed E-state index contributed by atoms with van der Waals surface area (Å²) in [7, 11) is 0. The molecule has 0 aliphatic rings. The second-order valence-electron chi connectivity index (χ2n) is 7.84. The standard InChI is InChI=1S/C18H34O2.C8H12O6/c1-2-3-4-5-6-7-8-9-10-11-12-13-14-15-16-17-18(19)20;9-3-5-13-7(11)1-2-8(12)14-6-4-10/h9-10H,2-8,11-17H2,1H3,(H,19,20);1-2,9-10H,3-6H2/b10-9-;2-1-. The number of aliphatic hydroxyl groups is 2. The molecule has 0 saturated heterocycles. The predicted octanol–water partition coefficient (Wildman–Crippen LogP) is 4.72. The molecule has 0 aromatic carbocycles. The van der Waals surface area contributed by atoms with E-state index in [1.54, 1.807) is 0 Å². The van der Waals surface area contributed by atoms with Gasteiger partial charge in [-0.05, 0) is 32.1 Å². The van der Waals surface area contributed by atoms with Gasteiger partial charge in [-0.15, -0.1) is 0 Å². The highest BCUT2D eigenvalue weighted by atomic mass is 16.5. The van der Waals surface area contributed by atoms with E-state index in [1.807, 2.05) is 0 Å². The number of carboxylic acids is 1. The van der Waals surface area contributed by atoms with Crippen molar-refractivity contribution in [2.24, 2.45) is 0 Å². The molecule has 0 fully saturated rings. The third-order valence-corrected chi connectivity index (χ3v) is 4.68. The summed E-state index contributed by atoms with van der Waals surface area (Å²) in [6.45, 7) is 1.49. The summed E-state index contributed by atoms with van der Waals surface area (Å²) in [5.41, 5.74) is 0. The maximum Gasteiger partial charge on any atom is 0.331 e. The molecule has 0 bridgehead atoms. The van der Waals surface area contributed by atoms with Crippen LogP contribution in [0, 0.1) is 0 Å². The first-order valence-corrected chi connectivity index (χ1v) is 12.6. The molecule has 0 unspecified atom stereocenters. The summed E-state index contributed by atoms with van der Waals surface area (Å²) >= 11 is 0. The number of aliphatic carboxylic acids is 1. The molecule has 3 N–H and O–H groups in total. The average Bonchev–Trinajstić information content (AvgIpc) is 2.82. The summed E-state index contributed by atoms with van der Waals surface area (Å²) in [5.74, 6) is -2.14. The van der Waals surface area contributed by atoms with E-state index < -0.39 is 17.9 Å². The van der Waals surface area contributed by atoms with Crippen LogP contribution in [0.25, 0.3) is 0 Å². The molecule has 198 valence electrons. The first-order valence-electron chi connectivity index (χ1n) is 12.6. The van der Waals surface area contributed by atoms with Crippen molar-refractivity contribution in [3.05, 3.63) is 24.3 Å². The zero-order valence-corrected chi connectivity index (χ0v) is 20.9. The van der Waals surface area contributed by atoms with Gasteiger partial charge in [0.05, 0.1) is 13.2 Å². The van der Waals surface area contributed by atoms with Crippen LogP contribution in [0.15, 0.2) is 24.3 Å². The Morgan fingerprint density at radius 3 is 1.47 bits per heavy atom. The third kappa shape index (κ3) is 32.0. The Balaban J connectivity index is 0. The van der Waals surface area contributed by atoms with Crippen molar-refractivity contribution >= 4 is 17.9 Å². The number of allylic oxidation sites excluding steroid dienone is 2. The molecule has 0 aromatic heterocycles. The van der Waals surface area contributed by atoms with Gasteiger partial charge in [0.2, 0.25) is 0 Å². The van der Waals surface area contributed by atoms with Gasteiger partial charge in [0, 0.05) is 18.6 Å². The highest BCUT2D eigenvalue weighted by molar-refractivity contribution is 5.91. The molecule has 0 spiro atoms. The van der Waals surface area contributed by atoms with E-state index in [0.29, 0.717) is 6.42 Å². The third-order valence-electron chi connectivity index (χ3n) is 4.68. The van der Waals surface area contributed by atoms with E-state index in [1.165, 1.54) is 70.6 Å². The van der Waals surface area contributed by atoms with E-state index in [4.69, 9.17) is 15.3 Å². The van der Waals surface area contributed by atoms with E-state index >= 15 is 0 Å². The number of carboxylic acid groups (broad SMARTS) is 1. The van der Waals surface area contributed by atoms with Crippen LogP contribution in [-0.4, -0.2) is 59.7 Å². The number of hydrogen-bond donors (Lipinski definition) is 3. The average molecular weight is 487 g/mol. The molecule has 34 heavy (non-hydrogen) atoms. The molecular formula is C26H46O8. The number of carbonyl (C=O) groups is 3. The van der Waals surface area contributed by atoms with Crippen LogP contribution < -0.4 is 0 Å². The lowest BCUT2D eigenvalue weighted by molar-refractivity contribution is -0.141. The molecule has 0 aromatic rings. The minimum absolute atomic E-state index is 0.116. The van der Waals surface area contributed by atoms with Gasteiger partial charge in [-0.25, -0.2) is 9.59 Å². The minimum atomic E-state index is -0.736. The van der Waals surface area contributed by atoms with Crippen LogP contribution in [0.1, 0.15) is 96.8 Å². The van der Waals surface area contributed by atoms with Crippen molar-refractivity contribution in [2.75, 3.05) is 26.4 Å². The smallest absolute Gasteiger partial charge is 0.331 e. The van der Waals surface area contributed by atoms with Gasteiger partial charge in [-0.1, -0.05) is 70.4 Å². The van der Waals surface area contributed by atoms with Crippen molar-refractivity contribution in [1.82, 2.24) is 0 Å². The summed E-state index contributed by atoms with van der Waals surface area (Å²) in [4.78, 5) is 31.7. The topological polar surface area (TPSA) is 130 Å². The fraction of sp³-hybridized carbons (Fsp3) is 0.731. The Labute approximate surface area is 205 Å². The van der Waals surface area contributed by atoms with E-state index in [2.05, 4.69) is 28.5 Å². The molecule has 0 aliphatic heterocycles. The number of ether oxygens (including phenoxy) is 2. The van der Waals surface area contributed by atoms with Gasteiger partial charge in [-0.3, -0.25) is 4.79 Å². The highest BCUT2D eigenvalue weighted by Gasteiger charge is 1.99. The lowest BCUT2D eigenvalue weighted by atomic mass is 10.1. The highest BCUT2D eigenvalue weighted by Crippen LogP contribution is 2.09. The number of aliphatic hydroxyl groups excluding tert-OH is 2. The molecule has 8 heteroatoms. The van der Waals surface area contributed by atoms with E-state index in [0.717, 1.165) is 25.0 Å². The Morgan fingerprint density at radius 1 is 0.647 bits per heavy atom. The van der Waals surface area contributed by atoms with Crippen molar-refractivity contribution in [2.45, 2.75) is 96.8 Å². The minimum Gasteiger partial charge on any atom is -0.481 e. The van der Waals surface area contributed by atoms with Crippen LogP contribution in [0.3, 0.4) is 0 Å². The van der Waals surface area contributed by atoms with Gasteiger partial charge in [0.25, 0.3) is 0 Å². The Kier molecular flexibility index (Phi) is 28.8. The maximum atomic E-state index is 10.7. The summed E-state index contributed by atoms with van der Waals surface area (Å²) in [6.07, 6.45) is 23.0. The summed E-state index contributed by atoms with van der Waals surface area (Å²) in [6, 6.07) is 0. The molecule has 0 radical (unpaired) electrons. The monoisotopic (exact) mass is 486 g/mol. The second-order valence-corrected chi connectivity index (χ2v) is 7.84. The van der Waals surface area contributed by atoms with Crippen LogP contribution in [0.5, 0.6) is 0 Å². The van der Waals surface area contributed by atoms with Gasteiger partial charge in [0.15, 0.2) is 0 Å². The van der Waals surface area contributed by atoms with E-state index in [9.17, 15) is 14.4 Å². The zero-order chi connectivity index (χ0) is 25.7. The SMILES string of the molecule is CCCCCCCC/C=C\CCCCCCCC(=O)O.O=C(/C=C\C(=O)OCCO)OCCO. The van der Waals surface area contributed by atoms with Crippen molar-refractivity contribution in [3.63, 3.8) is 0 Å². The molecule has 0 saturated carbocycles. The zero-order valence-electron chi connectivity index (χ0n) is 20.9. The van der Waals surface area contributed by atoms with E-state index in [-0.39, 0.29) is 26.4 Å². The Bertz CT molecular complexity index is 521. The van der Waals surface area contributed by atoms with Crippen LogP contribution in [0.4, 0.5) is 0 Å². The molecule has 0 aliphatic carbocycles. The molecule has 8 nitrogen and oxygen atoms in total. The number of rotatable bonds is 21. The number of hydrogen-bond acceptors (Lipinski definition) is 7. The van der Waals surface area contributed by atoms with Gasteiger partial charge in [0.1, 0.15) is 13.2 Å².